The van der Waals surface area contributed by atoms with Crippen LogP contribution in [0.1, 0.15) is 25.8 Å². The summed E-state index contributed by atoms with van der Waals surface area (Å²) in [6.45, 7) is 4.85. The van der Waals surface area contributed by atoms with E-state index < -0.39 is 11.1 Å². The molecule has 1 N–H and O–H groups in total. The first kappa shape index (κ1) is 13.1. The Morgan fingerprint density at radius 1 is 1.25 bits per heavy atom. The van der Waals surface area contributed by atoms with Gasteiger partial charge in [-0.3, -0.25) is 14.2 Å². The minimum absolute atomic E-state index is 0.0204. The predicted octanol–water partition coefficient (Wildman–Crippen LogP) is 0.837. The third kappa shape index (κ3) is 1.66. The van der Waals surface area contributed by atoms with E-state index in [0.717, 1.165) is 23.0 Å². The van der Waals surface area contributed by atoms with Crippen LogP contribution in [0.15, 0.2) is 27.8 Å². The van der Waals surface area contributed by atoms with Gasteiger partial charge in [0, 0.05) is 13.1 Å². The molecule has 0 fully saturated rings. The van der Waals surface area contributed by atoms with Crippen LogP contribution in [0.25, 0.3) is 11.0 Å². The zero-order chi connectivity index (χ0) is 14.5. The van der Waals surface area contributed by atoms with E-state index in [4.69, 9.17) is 5.11 Å². The Bertz CT molecular complexity index is 799. The van der Waals surface area contributed by atoms with E-state index in [1.807, 2.05) is 18.2 Å². The van der Waals surface area contributed by atoms with Gasteiger partial charge >= 0.3 is 11.1 Å². The van der Waals surface area contributed by atoms with Gasteiger partial charge < -0.3 is 9.67 Å². The fourth-order valence-corrected chi connectivity index (χ4v) is 3.08. The molecule has 0 radical (unpaired) electrons. The Kier molecular flexibility index (Phi) is 2.83. The highest BCUT2D eigenvalue weighted by atomic mass is 16.3. The molecule has 0 unspecified atom stereocenters. The molecule has 20 heavy (non-hydrogen) atoms. The number of aromatic nitrogens is 2. The molecule has 1 aliphatic heterocycles. The number of para-hydroxylation sites is 1. The lowest BCUT2D eigenvalue weighted by Crippen LogP contribution is -2.45. The number of aryl methyl sites for hydroxylation is 1. The summed E-state index contributed by atoms with van der Waals surface area (Å²) in [5.41, 5.74) is 1.59. The molecule has 0 amide bonds. The number of benzene rings is 1. The molecule has 5 heteroatoms. The minimum Gasteiger partial charge on any atom is -0.395 e. The average molecular weight is 274 g/mol. The second-order valence-electron chi connectivity index (χ2n) is 5.94. The maximum Gasteiger partial charge on any atom is 0.317 e. The Balaban J connectivity index is 2.53. The predicted molar refractivity (Wildman–Crippen MR) is 77.2 cm³/mol. The van der Waals surface area contributed by atoms with Crippen molar-refractivity contribution < 1.29 is 5.11 Å². The van der Waals surface area contributed by atoms with Crippen molar-refractivity contribution in [2.75, 3.05) is 6.61 Å². The van der Waals surface area contributed by atoms with Gasteiger partial charge in [-0.2, -0.15) is 0 Å². The van der Waals surface area contributed by atoms with E-state index in [0.29, 0.717) is 6.54 Å². The summed E-state index contributed by atoms with van der Waals surface area (Å²) in [4.78, 5) is 24.4. The molecule has 2 heterocycles. The largest absolute Gasteiger partial charge is 0.395 e. The van der Waals surface area contributed by atoms with Crippen LogP contribution in [-0.2, 0) is 18.5 Å². The van der Waals surface area contributed by atoms with Crippen molar-refractivity contribution in [3.63, 3.8) is 0 Å². The number of hydrogen-bond donors (Lipinski definition) is 1. The second-order valence-corrected chi connectivity index (χ2v) is 5.94. The van der Waals surface area contributed by atoms with Crippen molar-refractivity contribution in [1.82, 2.24) is 9.13 Å². The first-order valence-corrected chi connectivity index (χ1v) is 6.85. The lowest BCUT2D eigenvalue weighted by molar-refractivity contribution is 0.275. The Labute approximate surface area is 116 Å². The van der Waals surface area contributed by atoms with Crippen LogP contribution in [0, 0.1) is 0 Å². The SMILES string of the molecule is CC1(C)CCn2c(=O)c(=O)n(CCO)c3cccc1c32. The highest BCUT2D eigenvalue weighted by Gasteiger charge is 2.30. The summed E-state index contributed by atoms with van der Waals surface area (Å²) < 4.78 is 2.98. The van der Waals surface area contributed by atoms with E-state index in [2.05, 4.69) is 13.8 Å². The quantitative estimate of drug-likeness (QED) is 0.825. The number of aliphatic hydroxyl groups is 1. The molecule has 0 spiro atoms. The van der Waals surface area contributed by atoms with Crippen molar-refractivity contribution >= 4 is 11.0 Å². The minimum atomic E-state index is -0.552. The summed E-state index contributed by atoms with van der Waals surface area (Å²) in [6, 6.07) is 5.77. The van der Waals surface area contributed by atoms with Crippen LogP contribution < -0.4 is 11.1 Å². The second kappa shape index (κ2) is 4.31. The maximum absolute atomic E-state index is 12.3. The smallest absolute Gasteiger partial charge is 0.317 e. The van der Waals surface area contributed by atoms with Gasteiger partial charge in [-0.25, -0.2) is 0 Å². The topological polar surface area (TPSA) is 64.2 Å². The molecule has 0 atom stereocenters. The van der Waals surface area contributed by atoms with Crippen molar-refractivity contribution in [3.8, 4) is 0 Å². The van der Waals surface area contributed by atoms with Gasteiger partial charge in [0.05, 0.1) is 17.6 Å². The lowest BCUT2D eigenvalue weighted by atomic mass is 9.78. The molecular formula is C15H18N2O3. The van der Waals surface area contributed by atoms with Crippen LogP contribution in [-0.4, -0.2) is 20.8 Å². The van der Waals surface area contributed by atoms with E-state index in [9.17, 15) is 9.59 Å². The maximum atomic E-state index is 12.3. The molecule has 0 saturated carbocycles. The first-order valence-electron chi connectivity index (χ1n) is 6.85. The molecule has 1 aliphatic rings. The Morgan fingerprint density at radius 2 is 2.00 bits per heavy atom. The molecular weight excluding hydrogens is 256 g/mol. The molecule has 1 aromatic carbocycles. The van der Waals surface area contributed by atoms with E-state index in [1.54, 1.807) is 4.57 Å². The zero-order valence-electron chi connectivity index (χ0n) is 11.7. The van der Waals surface area contributed by atoms with E-state index in [1.165, 1.54) is 4.57 Å². The fourth-order valence-electron chi connectivity index (χ4n) is 3.08. The summed E-state index contributed by atoms with van der Waals surface area (Å²) >= 11 is 0. The van der Waals surface area contributed by atoms with Crippen molar-refractivity contribution in [2.24, 2.45) is 0 Å². The summed E-state index contributed by atoms with van der Waals surface area (Å²) in [5.74, 6) is 0. The van der Waals surface area contributed by atoms with Gasteiger partial charge in [0.2, 0.25) is 0 Å². The van der Waals surface area contributed by atoms with Crippen molar-refractivity contribution in [1.29, 1.82) is 0 Å². The molecule has 2 aromatic rings. The van der Waals surface area contributed by atoms with Crippen LogP contribution in [0.2, 0.25) is 0 Å². The van der Waals surface area contributed by atoms with Gasteiger partial charge in [0.1, 0.15) is 0 Å². The van der Waals surface area contributed by atoms with Gasteiger partial charge in [0.15, 0.2) is 0 Å². The third-order valence-electron chi connectivity index (χ3n) is 4.26. The third-order valence-corrected chi connectivity index (χ3v) is 4.26. The summed E-state index contributed by atoms with van der Waals surface area (Å²) in [6.07, 6.45) is 0.836. The Morgan fingerprint density at radius 3 is 2.70 bits per heavy atom. The van der Waals surface area contributed by atoms with Gasteiger partial charge in [-0.05, 0) is 23.5 Å². The van der Waals surface area contributed by atoms with Crippen LogP contribution >= 0.6 is 0 Å². The molecule has 0 saturated heterocycles. The van der Waals surface area contributed by atoms with Crippen LogP contribution in [0.3, 0.4) is 0 Å². The lowest BCUT2D eigenvalue weighted by Gasteiger charge is -2.33. The molecule has 5 nitrogen and oxygen atoms in total. The van der Waals surface area contributed by atoms with Crippen molar-refractivity contribution in [2.45, 2.75) is 38.8 Å². The normalized spacial score (nSPS) is 16.6. The average Bonchev–Trinajstić information content (AvgIpc) is 2.42. The van der Waals surface area contributed by atoms with Gasteiger partial charge in [0.25, 0.3) is 0 Å². The van der Waals surface area contributed by atoms with E-state index in [-0.39, 0.29) is 18.6 Å². The number of hydrogen-bond acceptors (Lipinski definition) is 3. The van der Waals surface area contributed by atoms with E-state index >= 15 is 0 Å². The Hall–Kier alpha value is -1.88. The molecule has 1 aromatic heterocycles. The van der Waals surface area contributed by atoms with Crippen LogP contribution in [0.4, 0.5) is 0 Å². The zero-order valence-corrected chi connectivity index (χ0v) is 11.7. The standard InChI is InChI=1S/C15H18N2O3/c1-15(2)6-7-17-12-10(15)4-3-5-11(12)16(8-9-18)13(19)14(17)20/h3-5,18H,6-9H2,1-2H3. The summed E-state index contributed by atoms with van der Waals surface area (Å²) in [5, 5.41) is 9.14. The molecule has 3 rings (SSSR count). The first-order chi connectivity index (χ1) is 9.47. The monoisotopic (exact) mass is 274 g/mol. The molecule has 0 aliphatic carbocycles. The van der Waals surface area contributed by atoms with Gasteiger partial charge in [-0.1, -0.05) is 26.0 Å². The highest BCUT2D eigenvalue weighted by Crippen LogP contribution is 2.36. The molecule has 0 bridgehead atoms. The number of rotatable bonds is 2. The van der Waals surface area contributed by atoms with Crippen molar-refractivity contribution in [3.05, 3.63) is 44.5 Å². The molecule has 106 valence electrons. The highest BCUT2D eigenvalue weighted by molar-refractivity contribution is 5.80. The number of aliphatic hydroxyl groups excluding tert-OH is 1. The fraction of sp³-hybridized carbons (Fsp3) is 0.467. The number of nitrogens with zero attached hydrogens (tertiary/aromatic N) is 2. The summed E-state index contributed by atoms with van der Waals surface area (Å²) in [7, 11) is 0. The van der Waals surface area contributed by atoms with Crippen LogP contribution in [0.5, 0.6) is 0 Å². The van der Waals surface area contributed by atoms with Gasteiger partial charge in [-0.15, -0.1) is 0 Å².